The highest BCUT2D eigenvalue weighted by molar-refractivity contribution is 7.89. The van der Waals surface area contributed by atoms with Crippen LogP contribution in [0.25, 0.3) is 0 Å². The maximum Gasteiger partial charge on any atom is 0.339 e. The number of carbonyl (C=O) groups excluding carboxylic acids is 1. The van der Waals surface area contributed by atoms with E-state index in [2.05, 4.69) is 5.32 Å². The van der Waals surface area contributed by atoms with Gasteiger partial charge in [-0.25, -0.2) is 8.42 Å². The van der Waals surface area contributed by atoms with E-state index in [9.17, 15) is 26.7 Å². The predicted molar refractivity (Wildman–Crippen MR) is 196 cm³/mol. The number of nitrogens with zero attached hydrogens (tertiary/aromatic N) is 1. The van der Waals surface area contributed by atoms with Crippen molar-refractivity contribution in [2.24, 2.45) is 5.92 Å². The zero-order chi connectivity index (χ0) is 38.6. The van der Waals surface area contributed by atoms with E-state index >= 15 is 0 Å². The average molecular weight is 783 g/mol. The van der Waals surface area contributed by atoms with E-state index in [0.29, 0.717) is 28.6 Å². The summed E-state index contributed by atoms with van der Waals surface area (Å²) in [5, 5.41) is 14.5. The lowest BCUT2D eigenvalue weighted by Gasteiger charge is -2.31. The number of aryl methyl sites for hydroxylation is 2. The van der Waals surface area contributed by atoms with Gasteiger partial charge in [0.25, 0.3) is 5.91 Å². The molecule has 2 unspecified atom stereocenters. The molecule has 2 aliphatic heterocycles. The summed E-state index contributed by atoms with van der Waals surface area (Å²) in [6.45, 7) is 6.77. The number of aliphatic hydroxyl groups excluding tert-OH is 1. The molecular weight excluding hydrogens is 741 g/mol. The van der Waals surface area contributed by atoms with Crippen molar-refractivity contribution in [1.82, 2.24) is 9.62 Å². The molecule has 0 spiro atoms. The Hall–Kier alpha value is -5.03. The summed E-state index contributed by atoms with van der Waals surface area (Å²) in [5.74, 6) is 1.38. The highest BCUT2D eigenvalue weighted by Gasteiger charge is 2.33. The molecule has 0 aliphatic carbocycles. The first kappa shape index (κ1) is 38.7. The van der Waals surface area contributed by atoms with Gasteiger partial charge in [0.15, 0.2) is 29.6 Å². The van der Waals surface area contributed by atoms with E-state index < -0.39 is 38.2 Å². The molecule has 54 heavy (non-hydrogen) atoms. The van der Waals surface area contributed by atoms with E-state index in [0.717, 1.165) is 11.1 Å². The Morgan fingerprint density at radius 1 is 0.796 bits per heavy atom. The lowest BCUT2D eigenvalue weighted by atomic mass is 10.0. The van der Waals surface area contributed by atoms with E-state index in [-0.39, 0.29) is 66.9 Å². The third kappa shape index (κ3) is 9.01. The summed E-state index contributed by atoms with van der Waals surface area (Å²) in [7, 11) is -8.36. The van der Waals surface area contributed by atoms with Crippen LogP contribution in [-0.2, 0) is 31.4 Å². The number of amides is 1. The summed E-state index contributed by atoms with van der Waals surface area (Å²) in [6.07, 6.45) is -1.34. The highest BCUT2D eigenvalue weighted by Crippen LogP contribution is 2.36. The minimum absolute atomic E-state index is 0.0118. The number of rotatable bonds is 16. The van der Waals surface area contributed by atoms with Crippen LogP contribution in [0.1, 0.15) is 30.5 Å². The second-order valence-corrected chi connectivity index (χ2v) is 16.9. The van der Waals surface area contributed by atoms with Crippen molar-refractivity contribution in [2.45, 2.75) is 56.1 Å². The van der Waals surface area contributed by atoms with Crippen LogP contribution in [0.15, 0.2) is 88.7 Å². The molecule has 0 bridgehead atoms. The molecule has 2 atom stereocenters. The lowest BCUT2D eigenvalue weighted by molar-refractivity contribution is -0.124. The van der Waals surface area contributed by atoms with Gasteiger partial charge in [-0.05, 0) is 79.3 Å². The van der Waals surface area contributed by atoms with Gasteiger partial charge < -0.3 is 38.3 Å². The second kappa shape index (κ2) is 16.1. The smallest absolute Gasteiger partial charge is 0.339 e. The first-order valence-electron chi connectivity index (χ1n) is 17.2. The Morgan fingerprint density at radius 3 is 1.98 bits per heavy atom. The molecule has 14 nitrogen and oxygen atoms in total. The van der Waals surface area contributed by atoms with Crippen LogP contribution in [-0.4, -0.2) is 77.6 Å². The molecule has 1 amide bonds. The molecule has 0 radical (unpaired) electrons. The van der Waals surface area contributed by atoms with E-state index in [4.69, 9.17) is 27.9 Å². The summed E-state index contributed by atoms with van der Waals surface area (Å²) >= 11 is 0. The fourth-order valence-electron chi connectivity index (χ4n) is 6.04. The molecular formula is C38H42N2O12S2. The number of hydrogen-bond donors (Lipinski definition) is 2. The van der Waals surface area contributed by atoms with Crippen LogP contribution in [0.2, 0.25) is 0 Å². The largest absolute Gasteiger partial charge is 0.483 e. The number of ether oxygens (including phenoxy) is 5. The Balaban J connectivity index is 1.21. The zero-order valence-electron chi connectivity index (χ0n) is 30.2. The van der Waals surface area contributed by atoms with Gasteiger partial charge in [0.05, 0.1) is 17.0 Å². The first-order chi connectivity index (χ1) is 25.7. The van der Waals surface area contributed by atoms with Crippen molar-refractivity contribution in [3.63, 3.8) is 0 Å². The highest BCUT2D eigenvalue weighted by atomic mass is 32.2. The zero-order valence-corrected chi connectivity index (χ0v) is 31.8. The van der Waals surface area contributed by atoms with Gasteiger partial charge in [0.1, 0.15) is 16.4 Å². The summed E-state index contributed by atoms with van der Waals surface area (Å²) < 4.78 is 87.7. The minimum atomic E-state index is -4.22. The summed E-state index contributed by atoms with van der Waals surface area (Å²) in [6, 6.07) is 19.2. The van der Waals surface area contributed by atoms with Crippen LogP contribution in [0.5, 0.6) is 34.5 Å². The third-order valence-electron chi connectivity index (χ3n) is 8.73. The number of benzene rings is 4. The van der Waals surface area contributed by atoms with Gasteiger partial charge >= 0.3 is 10.1 Å². The molecule has 4 aromatic rings. The van der Waals surface area contributed by atoms with Crippen molar-refractivity contribution in [2.75, 3.05) is 33.3 Å². The number of nitrogens with one attached hydrogen (secondary N) is 1. The van der Waals surface area contributed by atoms with E-state index in [1.165, 1.54) is 52.8 Å². The van der Waals surface area contributed by atoms with Crippen molar-refractivity contribution < 1.29 is 54.6 Å². The predicted octanol–water partition coefficient (Wildman–Crippen LogP) is 4.34. The number of fused-ring (bicyclic) bond motifs is 2. The van der Waals surface area contributed by atoms with Crippen LogP contribution in [0.4, 0.5) is 0 Å². The maximum atomic E-state index is 14.0. The van der Waals surface area contributed by atoms with Gasteiger partial charge in [0, 0.05) is 25.2 Å². The number of carbonyl (C=O) groups is 1. The van der Waals surface area contributed by atoms with Gasteiger partial charge in [-0.15, -0.1) is 0 Å². The normalized spacial score (nSPS) is 14.6. The van der Waals surface area contributed by atoms with Crippen LogP contribution >= 0.6 is 0 Å². The molecule has 16 heteroatoms. The van der Waals surface area contributed by atoms with E-state index in [1.807, 2.05) is 45.9 Å². The SMILES string of the molecule is Cc1cccc(C)c1OCC(=O)NC(Cc1ccc(OS(=O)(=O)c2ccc3c(c2)OCO3)cc1)C(O)CN(CC(C)C)S(=O)(=O)c1ccc2c(c1)OCO2. The van der Waals surface area contributed by atoms with Crippen molar-refractivity contribution in [3.05, 3.63) is 95.6 Å². The number of hydrogen-bond acceptors (Lipinski definition) is 12. The van der Waals surface area contributed by atoms with Gasteiger partial charge in [-0.3, -0.25) is 4.79 Å². The molecule has 0 fully saturated rings. The van der Waals surface area contributed by atoms with Crippen LogP contribution < -0.4 is 33.2 Å². The van der Waals surface area contributed by atoms with Crippen molar-refractivity contribution >= 4 is 26.0 Å². The van der Waals surface area contributed by atoms with Gasteiger partial charge in [0.2, 0.25) is 23.6 Å². The Morgan fingerprint density at radius 2 is 1.37 bits per heavy atom. The van der Waals surface area contributed by atoms with Crippen LogP contribution in [0.3, 0.4) is 0 Å². The summed E-state index contributed by atoms with van der Waals surface area (Å²) in [4.78, 5) is 13.2. The minimum Gasteiger partial charge on any atom is -0.483 e. The fourth-order valence-corrected chi connectivity index (χ4v) is 8.62. The van der Waals surface area contributed by atoms with Crippen molar-refractivity contribution in [3.8, 4) is 34.5 Å². The number of para-hydroxylation sites is 1. The molecule has 2 aliphatic rings. The number of sulfonamides is 1. The molecule has 2 N–H and O–H groups in total. The Kier molecular flexibility index (Phi) is 11.6. The van der Waals surface area contributed by atoms with E-state index in [1.54, 1.807) is 12.1 Å². The molecule has 2 heterocycles. The van der Waals surface area contributed by atoms with Gasteiger partial charge in [-0.1, -0.05) is 44.2 Å². The molecule has 0 saturated carbocycles. The first-order valence-corrected chi connectivity index (χ1v) is 20.0. The second-order valence-electron chi connectivity index (χ2n) is 13.4. The Labute approximate surface area is 314 Å². The molecule has 288 valence electrons. The third-order valence-corrected chi connectivity index (χ3v) is 11.8. The lowest BCUT2D eigenvalue weighted by Crippen LogP contribution is -2.52. The quantitative estimate of drug-likeness (QED) is 0.154. The topological polar surface area (TPSA) is 176 Å². The fraction of sp³-hybridized carbons (Fsp3) is 0.342. The average Bonchev–Trinajstić information content (AvgIpc) is 3.80. The van der Waals surface area contributed by atoms with Crippen LogP contribution in [0, 0.1) is 19.8 Å². The molecule has 6 rings (SSSR count). The Bertz CT molecular complexity index is 2190. The molecule has 0 aromatic heterocycles. The standard InChI is InChI=1S/C38H42N2O12S2/c1-24(2)19-40(53(43,44)29-12-14-33-35(17-29)50-22-48-33)20-32(41)31(39-37(42)21-47-38-25(3)6-5-7-26(38)4)16-27-8-10-28(11-9-27)52-54(45,46)30-13-15-34-36(18-30)51-23-49-34/h5-15,17-18,24,31-32,41H,16,19-23H2,1-4H3,(H,39,42). The molecule has 4 aromatic carbocycles. The van der Waals surface area contributed by atoms with Crippen molar-refractivity contribution in [1.29, 1.82) is 0 Å². The maximum absolute atomic E-state index is 14.0. The molecule has 0 saturated heterocycles. The monoisotopic (exact) mass is 782 g/mol. The summed E-state index contributed by atoms with van der Waals surface area (Å²) in [5.41, 5.74) is 2.29. The number of aliphatic hydroxyl groups is 1. The van der Waals surface area contributed by atoms with Gasteiger partial charge in [-0.2, -0.15) is 12.7 Å².